The molecule has 0 saturated heterocycles. The van der Waals surface area contributed by atoms with Crippen LogP contribution >= 0.6 is 0 Å². The molecule has 0 amide bonds. The Kier molecular flexibility index (Phi) is 16.5. The largest absolute Gasteiger partial charge is 0.497 e. The van der Waals surface area contributed by atoms with Crippen LogP contribution in [0.3, 0.4) is 0 Å². The number of methoxy groups -OCH3 is 1. The maximum absolute atomic E-state index is 7.32. The minimum atomic E-state index is 0.0909. The van der Waals surface area contributed by atoms with Gasteiger partial charge in [0.05, 0.1) is 31.5 Å². The monoisotopic (exact) mass is 1070 g/mol. The first kappa shape index (κ1) is 53.1. The van der Waals surface area contributed by atoms with Crippen LogP contribution in [-0.4, -0.2) is 41.7 Å². The molecule has 9 nitrogen and oxygen atoms in total. The van der Waals surface area contributed by atoms with Crippen molar-refractivity contribution in [3.63, 3.8) is 0 Å². The molecule has 0 N–H and O–H groups in total. The molecule has 0 unspecified atom stereocenters. The predicted octanol–water partition coefficient (Wildman–Crippen LogP) is 19.3. The van der Waals surface area contributed by atoms with E-state index in [0.717, 1.165) is 173 Å². The quantitative estimate of drug-likeness (QED) is 0.0884. The Labute approximate surface area is 473 Å². The van der Waals surface area contributed by atoms with Gasteiger partial charge in [0, 0.05) is 44.9 Å². The molecule has 0 atom stereocenters. The van der Waals surface area contributed by atoms with E-state index >= 15 is 0 Å². The van der Waals surface area contributed by atoms with Gasteiger partial charge >= 0.3 is 0 Å². The van der Waals surface area contributed by atoms with Crippen LogP contribution in [-0.2, 0) is 0 Å². The topological polar surface area (TPSA) is 88.3 Å². The van der Waals surface area contributed by atoms with Gasteiger partial charge in [-0.2, -0.15) is 0 Å². The molecule has 9 heteroatoms. The summed E-state index contributed by atoms with van der Waals surface area (Å²) in [7, 11) is 1.71. The van der Waals surface area contributed by atoms with Crippen LogP contribution in [0.15, 0.2) is 150 Å². The fourth-order valence-corrected chi connectivity index (χ4v) is 12.6. The zero-order chi connectivity index (χ0) is 54.2. The molecule has 80 heavy (non-hydrogen) atoms. The van der Waals surface area contributed by atoms with Crippen LogP contribution in [0.2, 0.25) is 0 Å². The molecule has 4 aliphatic rings. The van der Waals surface area contributed by atoms with Gasteiger partial charge in [-0.1, -0.05) is 85.8 Å². The summed E-state index contributed by atoms with van der Waals surface area (Å²) in [6, 6.07) is 51.6. The van der Waals surface area contributed by atoms with Crippen molar-refractivity contribution in [2.24, 2.45) is 0 Å². The van der Waals surface area contributed by atoms with Gasteiger partial charge in [0.1, 0.15) is 28.7 Å². The van der Waals surface area contributed by atoms with E-state index in [4.69, 9.17) is 33.2 Å². The van der Waals surface area contributed by atoms with Crippen molar-refractivity contribution in [1.82, 2.24) is 10.2 Å². The van der Waals surface area contributed by atoms with Crippen molar-refractivity contribution in [2.75, 3.05) is 12.0 Å². The van der Waals surface area contributed by atoms with Gasteiger partial charge in [-0.25, -0.2) is 0 Å². The first-order valence-corrected chi connectivity index (χ1v) is 30.0. The predicted molar refractivity (Wildman–Crippen MR) is 322 cm³/mol. The third-order valence-electron chi connectivity index (χ3n) is 17.1. The zero-order valence-corrected chi connectivity index (χ0v) is 47.1. The van der Waals surface area contributed by atoms with Crippen LogP contribution in [0.5, 0.6) is 28.7 Å². The molecule has 4 saturated carbocycles. The Bertz CT molecular complexity index is 3310. The van der Waals surface area contributed by atoms with Gasteiger partial charge in [0.15, 0.2) is 0 Å². The Morgan fingerprint density at radius 3 is 1.34 bits per heavy atom. The van der Waals surface area contributed by atoms with Crippen molar-refractivity contribution in [1.29, 1.82) is 0 Å². The fourth-order valence-electron chi connectivity index (χ4n) is 12.6. The van der Waals surface area contributed by atoms with Crippen LogP contribution in [0.25, 0.3) is 56.3 Å². The molecule has 7 aromatic carbocycles. The molecule has 0 spiro atoms. The summed E-state index contributed by atoms with van der Waals surface area (Å²) in [5.41, 5.74) is 13.0. The average Bonchev–Trinajstić information content (AvgIpc) is 4.03. The maximum Gasteiger partial charge on any atom is 0.248 e. The van der Waals surface area contributed by atoms with E-state index in [1.807, 2.05) is 42.5 Å². The Balaban J connectivity index is 1.01. The van der Waals surface area contributed by atoms with E-state index in [1.165, 1.54) is 56.9 Å². The smallest absolute Gasteiger partial charge is 0.248 e. The van der Waals surface area contributed by atoms with Crippen LogP contribution in [0.4, 0.5) is 17.1 Å². The van der Waals surface area contributed by atoms with Gasteiger partial charge in [0.2, 0.25) is 11.8 Å². The Hall–Kier alpha value is -7.52. The molecule has 412 valence electrons. The highest BCUT2D eigenvalue weighted by molar-refractivity contribution is 5.90. The highest BCUT2D eigenvalue weighted by atomic mass is 16.5. The summed E-state index contributed by atoms with van der Waals surface area (Å²) in [4.78, 5) is 2.29. The second kappa shape index (κ2) is 24.9. The molecule has 0 bridgehead atoms. The number of aromatic nitrogens is 2. The SMILES string of the molecule is COc1ccc(N(c2ccc(C)cc2)c2ccc(-c3cc(OC4CCCCC4)c(-c4ccc(-c5cc(OC6CCCCC6)c(C)cc5OC5CCCCC5)c(-c5nnc(-c6ccccc6)o5)c4)cc3OC3CCCCC3)cc2)cc1. The summed E-state index contributed by atoms with van der Waals surface area (Å²) in [6.07, 6.45) is 23.1. The van der Waals surface area contributed by atoms with Gasteiger partial charge in [0.25, 0.3) is 0 Å². The van der Waals surface area contributed by atoms with E-state index < -0.39 is 0 Å². The number of hydrogen-bond donors (Lipinski definition) is 0. The number of benzene rings is 7. The lowest BCUT2D eigenvalue weighted by molar-refractivity contribution is 0.150. The Morgan fingerprint density at radius 2 is 0.812 bits per heavy atom. The molecular formula is C71H77N3O6. The van der Waals surface area contributed by atoms with Crippen molar-refractivity contribution < 1.29 is 28.1 Å². The third-order valence-corrected chi connectivity index (χ3v) is 17.1. The molecule has 0 radical (unpaired) electrons. The van der Waals surface area contributed by atoms with E-state index in [0.29, 0.717) is 11.8 Å². The van der Waals surface area contributed by atoms with Gasteiger partial charge in [-0.05, 0) is 230 Å². The van der Waals surface area contributed by atoms with Crippen LogP contribution < -0.4 is 28.6 Å². The summed E-state index contributed by atoms with van der Waals surface area (Å²) >= 11 is 0. The molecule has 12 rings (SSSR count). The molecular weight excluding hydrogens is 991 g/mol. The first-order chi connectivity index (χ1) is 39.4. The zero-order valence-electron chi connectivity index (χ0n) is 47.1. The highest BCUT2D eigenvalue weighted by Gasteiger charge is 2.28. The van der Waals surface area contributed by atoms with Crippen molar-refractivity contribution in [3.05, 3.63) is 157 Å². The van der Waals surface area contributed by atoms with Crippen LogP contribution in [0, 0.1) is 13.8 Å². The summed E-state index contributed by atoms with van der Waals surface area (Å²) in [6.45, 7) is 4.28. The number of rotatable bonds is 17. The number of nitrogens with zero attached hydrogens (tertiary/aromatic N) is 3. The normalized spacial score (nSPS) is 16.7. The minimum Gasteiger partial charge on any atom is -0.497 e. The lowest BCUT2D eigenvalue weighted by Gasteiger charge is -2.28. The minimum absolute atomic E-state index is 0.0909. The fraction of sp³-hybridized carbons (Fsp3) is 0.380. The molecule has 0 aliphatic heterocycles. The molecule has 4 aliphatic carbocycles. The van der Waals surface area contributed by atoms with E-state index in [9.17, 15) is 0 Å². The second-order valence-corrected chi connectivity index (χ2v) is 22.9. The van der Waals surface area contributed by atoms with Crippen molar-refractivity contribution >= 4 is 17.1 Å². The molecule has 1 aromatic heterocycles. The summed E-state index contributed by atoms with van der Waals surface area (Å²) < 4.78 is 41.0. The average molecular weight is 1070 g/mol. The van der Waals surface area contributed by atoms with Gasteiger partial charge in [-0.3, -0.25) is 0 Å². The lowest BCUT2D eigenvalue weighted by Crippen LogP contribution is -2.21. The van der Waals surface area contributed by atoms with E-state index in [-0.39, 0.29) is 24.4 Å². The first-order valence-electron chi connectivity index (χ1n) is 30.0. The second-order valence-electron chi connectivity index (χ2n) is 22.9. The van der Waals surface area contributed by atoms with Crippen molar-refractivity contribution in [2.45, 2.75) is 167 Å². The Morgan fingerprint density at radius 1 is 0.375 bits per heavy atom. The molecule has 8 aromatic rings. The van der Waals surface area contributed by atoms with Gasteiger partial charge < -0.3 is 33.0 Å². The number of ether oxygens (including phenoxy) is 5. The standard InChI is InChI=1S/C71H77N3O6/c1-48-29-34-53(35-30-48)74(55-38-40-56(75-3)41-39-55)54-36-31-50(32-37-54)62-45-69(79-60-27-17-8-18-28-60)63(46-68(62)78-59-25-15-7-16-26-59)52-33-42-61(65(44-52)71-73-72-70(80-71)51-19-9-4-10-20-51)64-47-66(76-57-21-11-5-12-22-57)49(2)43-67(64)77-58-23-13-6-14-24-58/h4,9-10,19-20,29-47,57-60H,5-8,11-18,21-28H2,1-3H3. The van der Waals surface area contributed by atoms with E-state index in [1.54, 1.807) is 7.11 Å². The summed E-state index contributed by atoms with van der Waals surface area (Å²) in [5.74, 6) is 5.15. The van der Waals surface area contributed by atoms with Crippen molar-refractivity contribution in [3.8, 4) is 85.0 Å². The lowest BCUT2D eigenvalue weighted by atomic mass is 9.91. The number of anilines is 3. The maximum atomic E-state index is 7.32. The van der Waals surface area contributed by atoms with Gasteiger partial charge in [-0.15, -0.1) is 10.2 Å². The number of aryl methyl sites for hydroxylation is 2. The molecule has 1 heterocycles. The molecule has 4 fully saturated rings. The third kappa shape index (κ3) is 12.3. The van der Waals surface area contributed by atoms with E-state index in [2.05, 4.69) is 127 Å². The van der Waals surface area contributed by atoms with Crippen LogP contribution in [0.1, 0.15) is 140 Å². The number of hydrogen-bond acceptors (Lipinski definition) is 9. The summed E-state index contributed by atoms with van der Waals surface area (Å²) in [5, 5.41) is 9.52. The highest BCUT2D eigenvalue weighted by Crippen LogP contribution is 2.49.